The third kappa shape index (κ3) is 14.6. The molecule has 140 valence electrons. The maximum Gasteiger partial charge on any atom is 0.327 e. The summed E-state index contributed by atoms with van der Waals surface area (Å²) in [6, 6.07) is -0.797. The molecule has 4 nitrogen and oxygen atoms in total. The molecule has 0 spiro atoms. The zero-order valence-electron chi connectivity index (χ0n) is 15.6. The van der Waals surface area contributed by atoms with Crippen molar-refractivity contribution in [2.75, 3.05) is 11.5 Å². The van der Waals surface area contributed by atoms with Crippen LogP contribution in [0, 0.1) is 0 Å². The predicted molar refractivity (Wildman–Crippen MR) is 104 cm³/mol. The van der Waals surface area contributed by atoms with Crippen LogP contribution in [0.3, 0.4) is 0 Å². The van der Waals surface area contributed by atoms with Gasteiger partial charge in [-0.05, 0) is 19.8 Å². The molecule has 0 aliphatic carbocycles. The molecule has 0 unspecified atom stereocenters. The van der Waals surface area contributed by atoms with Crippen LogP contribution in [0.25, 0.3) is 0 Å². The molecule has 2 N–H and O–H groups in total. The minimum atomic E-state index is -0.975. The Hall–Kier alpha value is -0.970. The fourth-order valence-electron chi connectivity index (χ4n) is 2.45. The van der Waals surface area contributed by atoms with E-state index in [2.05, 4.69) is 25.2 Å². The molecule has 0 saturated carbocycles. The van der Waals surface area contributed by atoms with E-state index in [0.717, 1.165) is 12.2 Å². The van der Waals surface area contributed by atoms with Crippen LogP contribution < -0.4 is 5.32 Å². The maximum atomic E-state index is 11.0. The van der Waals surface area contributed by atoms with Gasteiger partial charge in [0.25, 0.3) is 0 Å². The number of aliphatic carboxylic acids is 1. The Morgan fingerprint density at radius 1 is 1.04 bits per heavy atom. The number of carbonyl (C=O) groups excluding carboxylic acids is 1. The summed E-state index contributed by atoms with van der Waals surface area (Å²) in [6.45, 7) is 5.73. The molecule has 24 heavy (non-hydrogen) atoms. The Balaban J connectivity index is 3.68. The molecule has 0 rings (SSSR count). The van der Waals surface area contributed by atoms with Crippen molar-refractivity contribution in [1.82, 2.24) is 5.32 Å². The van der Waals surface area contributed by atoms with Gasteiger partial charge in [-0.1, -0.05) is 63.5 Å². The SMILES string of the molecule is CCCCCCCCCC/C(C)=C/CSC[C@H](NC(C)=O)C(=O)O. The number of carboxylic acid groups (broad SMARTS) is 1. The van der Waals surface area contributed by atoms with Crippen LogP contribution in [-0.2, 0) is 9.59 Å². The van der Waals surface area contributed by atoms with Gasteiger partial charge in [0.1, 0.15) is 6.04 Å². The van der Waals surface area contributed by atoms with Crippen LogP contribution >= 0.6 is 11.8 Å². The van der Waals surface area contributed by atoms with Crippen molar-refractivity contribution >= 4 is 23.6 Å². The number of hydrogen-bond donors (Lipinski definition) is 2. The van der Waals surface area contributed by atoms with Crippen molar-refractivity contribution in [3.05, 3.63) is 11.6 Å². The standard InChI is InChI=1S/C19H35NO3S/c1-4-5-6-7-8-9-10-11-12-16(2)13-14-24-15-18(19(22)23)20-17(3)21/h13,18H,4-12,14-15H2,1-3H3,(H,20,21)(H,22,23)/b16-13+/t18-/m0/s1. The number of unbranched alkanes of at least 4 members (excludes halogenated alkanes) is 7. The average Bonchev–Trinajstić information content (AvgIpc) is 2.52. The van der Waals surface area contributed by atoms with Crippen molar-refractivity contribution in [3.8, 4) is 0 Å². The van der Waals surface area contributed by atoms with Gasteiger partial charge >= 0.3 is 5.97 Å². The van der Waals surface area contributed by atoms with E-state index in [1.54, 1.807) is 11.8 Å². The number of carboxylic acids is 1. The van der Waals surface area contributed by atoms with Crippen molar-refractivity contribution in [2.45, 2.75) is 84.6 Å². The van der Waals surface area contributed by atoms with Crippen LogP contribution in [0.2, 0.25) is 0 Å². The second-order valence-electron chi connectivity index (χ2n) is 6.40. The minimum absolute atomic E-state index is 0.301. The van der Waals surface area contributed by atoms with Gasteiger partial charge in [0.2, 0.25) is 5.91 Å². The number of amides is 1. The molecule has 0 aromatic heterocycles. The summed E-state index contributed by atoms with van der Waals surface area (Å²) in [4.78, 5) is 22.0. The van der Waals surface area contributed by atoms with Gasteiger partial charge < -0.3 is 10.4 Å². The largest absolute Gasteiger partial charge is 0.480 e. The van der Waals surface area contributed by atoms with Crippen molar-refractivity contribution in [2.24, 2.45) is 0 Å². The summed E-state index contributed by atoms with van der Waals surface area (Å²) in [5.74, 6) is -0.0791. The van der Waals surface area contributed by atoms with Crippen molar-refractivity contribution < 1.29 is 14.7 Å². The van der Waals surface area contributed by atoms with Crippen LogP contribution in [0.15, 0.2) is 11.6 Å². The molecule has 0 bridgehead atoms. The molecule has 5 heteroatoms. The Morgan fingerprint density at radius 2 is 1.62 bits per heavy atom. The third-order valence-corrected chi connectivity index (χ3v) is 4.91. The first-order valence-electron chi connectivity index (χ1n) is 9.20. The molecular weight excluding hydrogens is 322 g/mol. The van der Waals surface area contributed by atoms with E-state index in [0.29, 0.717) is 5.75 Å². The lowest BCUT2D eigenvalue weighted by atomic mass is 10.0. The number of hydrogen-bond acceptors (Lipinski definition) is 3. The molecule has 0 heterocycles. The summed E-state index contributed by atoms with van der Waals surface area (Å²) in [5, 5.41) is 11.5. The highest BCUT2D eigenvalue weighted by Crippen LogP contribution is 2.14. The van der Waals surface area contributed by atoms with Crippen LogP contribution in [0.1, 0.15) is 78.6 Å². The average molecular weight is 358 g/mol. The summed E-state index contributed by atoms with van der Waals surface area (Å²) in [7, 11) is 0. The highest BCUT2D eigenvalue weighted by Gasteiger charge is 2.17. The normalized spacial score (nSPS) is 12.9. The Bertz CT molecular complexity index is 383. The predicted octanol–water partition coefficient (Wildman–Crippen LogP) is 4.79. The van der Waals surface area contributed by atoms with Gasteiger partial charge in [0.05, 0.1) is 0 Å². The molecule has 0 aromatic rings. The fourth-order valence-corrected chi connectivity index (χ4v) is 3.45. The van der Waals surface area contributed by atoms with Crippen LogP contribution in [0.4, 0.5) is 0 Å². The van der Waals surface area contributed by atoms with Gasteiger partial charge in [-0.25, -0.2) is 4.79 Å². The van der Waals surface area contributed by atoms with E-state index >= 15 is 0 Å². The first-order valence-corrected chi connectivity index (χ1v) is 10.4. The zero-order chi connectivity index (χ0) is 18.2. The van der Waals surface area contributed by atoms with Gasteiger partial charge in [0.15, 0.2) is 0 Å². The molecule has 0 aliphatic rings. The number of thioether (sulfide) groups is 1. The van der Waals surface area contributed by atoms with Crippen molar-refractivity contribution in [1.29, 1.82) is 0 Å². The van der Waals surface area contributed by atoms with E-state index < -0.39 is 12.0 Å². The molecule has 0 radical (unpaired) electrons. The van der Waals surface area contributed by atoms with Crippen LogP contribution in [0.5, 0.6) is 0 Å². The lowest BCUT2D eigenvalue weighted by molar-refractivity contribution is -0.140. The Labute approximate surface area is 151 Å². The second-order valence-corrected chi connectivity index (χ2v) is 7.48. The molecule has 0 aliphatic heterocycles. The number of carbonyl (C=O) groups is 2. The summed E-state index contributed by atoms with van der Waals surface area (Å²) >= 11 is 1.54. The van der Waals surface area contributed by atoms with Gasteiger partial charge in [-0.2, -0.15) is 11.8 Å². The molecule has 0 fully saturated rings. The molecule has 0 aromatic carbocycles. The number of allylic oxidation sites excluding steroid dienone is 1. The highest BCUT2D eigenvalue weighted by molar-refractivity contribution is 7.99. The number of rotatable bonds is 15. The van der Waals surface area contributed by atoms with E-state index in [1.807, 2.05) is 0 Å². The van der Waals surface area contributed by atoms with E-state index in [-0.39, 0.29) is 5.91 Å². The van der Waals surface area contributed by atoms with E-state index in [1.165, 1.54) is 63.9 Å². The lowest BCUT2D eigenvalue weighted by Gasteiger charge is -2.12. The zero-order valence-corrected chi connectivity index (χ0v) is 16.4. The van der Waals surface area contributed by atoms with Gasteiger partial charge in [-0.15, -0.1) is 0 Å². The molecule has 1 amide bonds. The summed E-state index contributed by atoms with van der Waals surface area (Å²) in [5.41, 5.74) is 1.37. The fraction of sp³-hybridized carbons (Fsp3) is 0.789. The Morgan fingerprint density at radius 3 is 2.17 bits per heavy atom. The third-order valence-electron chi connectivity index (χ3n) is 3.93. The summed E-state index contributed by atoms with van der Waals surface area (Å²) in [6.07, 6.45) is 14.0. The topological polar surface area (TPSA) is 66.4 Å². The molecule has 0 saturated heterocycles. The first-order chi connectivity index (χ1) is 11.5. The van der Waals surface area contributed by atoms with Gasteiger partial charge in [-0.3, -0.25) is 4.79 Å². The van der Waals surface area contributed by atoms with Crippen molar-refractivity contribution in [3.63, 3.8) is 0 Å². The quantitative estimate of drug-likeness (QED) is 0.327. The second kappa shape index (κ2) is 15.6. The minimum Gasteiger partial charge on any atom is -0.480 e. The molecular formula is C19H35NO3S. The van der Waals surface area contributed by atoms with E-state index in [9.17, 15) is 9.59 Å². The smallest absolute Gasteiger partial charge is 0.327 e. The number of nitrogens with one attached hydrogen (secondary N) is 1. The molecule has 1 atom stereocenters. The lowest BCUT2D eigenvalue weighted by Crippen LogP contribution is -2.41. The first kappa shape index (κ1) is 23.0. The highest BCUT2D eigenvalue weighted by atomic mass is 32.2. The van der Waals surface area contributed by atoms with E-state index in [4.69, 9.17) is 5.11 Å². The summed E-state index contributed by atoms with van der Waals surface area (Å²) < 4.78 is 0. The monoisotopic (exact) mass is 357 g/mol. The Kier molecular flexibility index (Phi) is 14.9. The maximum absolute atomic E-state index is 11.0. The van der Waals surface area contributed by atoms with Crippen LogP contribution in [-0.4, -0.2) is 34.5 Å². The van der Waals surface area contributed by atoms with Gasteiger partial charge in [0, 0.05) is 18.4 Å².